The Labute approximate surface area is 144 Å². The highest BCUT2D eigenvalue weighted by Crippen LogP contribution is 2.35. The van der Waals surface area contributed by atoms with Crippen LogP contribution in [0.3, 0.4) is 0 Å². The minimum Gasteiger partial charge on any atom is -0.496 e. The van der Waals surface area contributed by atoms with E-state index in [1.807, 2.05) is 30.3 Å². The first-order chi connectivity index (χ1) is 10.8. The highest BCUT2D eigenvalue weighted by atomic mass is 35.5. The summed E-state index contributed by atoms with van der Waals surface area (Å²) in [5, 5.41) is 10.3. The molecule has 0 aliphatic heterocycles. The molecule has 132 valence electrons. The molecule has 3 N–H and O–H groups in total. The standard InChI is InChI=1S/C17H18F3NO2.ClH/c1-23-15-10-12(17(18,19)20)7-8-13(15)16(21)14(22)9-11-5-3-2-4-6-11;/h2-8,10,14,16,22H,9,21H2,1H3;1H/t14-,16+;/m1./s1. The van der Waals surface area contributed by atoms with Crippen LogP contribution in [0.4, 0.5) is 13.2 Å². The van der Waals surface area contributed by atoms with E-state index in [-0.39, 0.29) is 18.2 Å². The van der Waals surface area contributed by atoms with Gasteiger partial charge in [-0.3, -0.25) is 0 Å². The Kier molecular flexibility index (Phi) is 7.08. The predicted octanol–water partition coefficient (Wildman–Crippen LogP) is 3.74. The lowest BCUT2D eigenvalue weighted by Gasteiger charge is -2.22. The van der Waals surface area contributed by atoms with Crippen LogP contribution in [0.2, 0.25) is 0 Å². The fraction of sp³-hybridized carbons (Fsp3) is 0.294. The second-order valence-corrected chi connectivity index (χ2v) is 5.24. The van der Waals surface area contributed by atoms with Crippen molar-refractivity contribution in [2.24, 2.45) is 5.73 Å². The summed E-state index contributed by atoms with van der Waals surface area (Å²) in [6, 6.07) is 11.5. The maximum absolute atomic E-state index is 12.7. The molecule has 2 aromatic rings. The molecule has 0 amide bonds. The fourth-order valence-electron chi connectivity index (χ4n) is 2.35. The van der Waals surface area contributed by atoms with Crippen LogP contribution in [-0.2, 0) is 12.6 Å². The van der Waals surface area contributed by atoms with E-state index < -0.39 is 23.9 Å². The van der Waals surface area contributed by atoms with Gasteiger partial charge in [0.15, 0.2) is 0 Å². The van der Waals surface area contributed by atoms with Gasteiger partial charge in [0.25, 0.3) is 0 Å². The Hall–Kier alpha value is -1.76. The molecule has 0 unspecified atom stereocenters. The highest BCUT2D eigenvalue weighted by Gasteiger charge is 2.32. The van der Waals surface area contributed by atoms with Crippen LogP contribution >= 0.6 is 12.4 Å². The predicted molar refractivity (Wildman–Crippen MR) is 88.3 cm³/mol. The smallest absolute Gasteiger partial charge is 0.416 e. The van der Waals surface area contributed by atoms with Crippen LogP contribution in [0, 0.1) is 0 Å². The van der Waals surface area contributed by atoms with E-state index in [1.54, 1.807) is 0 Å². The van der Waals surface area contributed by atoms with Gasteiger partial charge in [0.05, 0.1) is 24.8 Å². The monoisotopic (exact) mass is 361 g/mol. The van der Waals surface area contributed by atoms with Crippen molar-refractivity contribution in [3.8, 4) is 5.75 Å². The average molecular weight is 362 g/mol. The third kappa shape index (κ3) is 4.87. The number of ether oxygens (including phenoxy) is 1. The van der Waals surface area contributed by atoms with Crippen molar-refractivity contribution in [1.29, 1.82) is 0 Å². The lowest BCUT2D eigenvalue weighted by molar-refractivity contribution is -0.137. The van der Waals surface area contributed by atoms with Gasteiger partial charge >= 0.3 is 6.18 Å². The fourth-order valence-corrected chi connectivity index (χ4v) is 2.35. The molecule has 0 bridgehead atoms. The molecule has 2 atom stereocenters. The lowest BCUT2D eigenvalue weighted by Crippen LogP contribution is -2.28. The Balaban J connectivity index is 0.00000288. The van der Waals surface area contributed by atoms with E-state index in [0.717, 1.165) is 17.7 Å². The first kappa shape index (κ1) is 20.3. The van der Waals surface area contributed by atoms with Gasteiger partial charge in [0.2, 0.25) is 0 Å². The summed E-state index contributed by atoms with van der Waals surface area (Å²) in [6.45, 7) is 0. The number of hydrogen-bond acceptors (Lipinski definition) is 3. The van der Waals surface area contributed by atoms with Crippen LogP contribution in [0.25, 0.3) is 0 Å². The van der Waals surface area contributed by atoms with Crippen molar-refractivity contribution in [3.63, 3.8) is 0 Å². The summed E-state index contributed by atoms with van der Waals surface area (Å²) in [4.78, 5) is 0. The summed E-state index contributed by atoms with van der Waals surface area (Å²) >= 11 is 0. The van der Waals surface area contributed by atoms with Crippen molar-refractivity contribution >= 4 is 12.4 Å². The van der Waals surface area contributed by atoms with Gasteiger partial charge in [-0.2, -0.15) is 13.2 Å². The molecule has 0 aliphatic rings. The molecule has 0 radical (unpaired) electrons. The molecule has 24 heavy (non-hydrogen) atoms. The molecule has 0 saturated heterocycles. The molecular weight excluding hydrogens is 343 g/mol. The molecule has 0 fully saturated rings. The zero-order valence-electron chi connectivity index (χ0n) is 13.0. The maximum atomic E-state index is 12.7. The molecule has 0 aromatic heterocycles. The van der Waals surface area contributed by atoms with E-state index in [4.69, 9.17) is 10.5 Å². The third-order valence-corrected chi connectivity index (χ3v) is 3.62. The zero-order valence-corrected chi connectivity index (χ0v) is 13.8. The van der Waals surface area contributed by atoms with Crippen LogP contribution in [0.15, 0.2) is 48.5 Å². The van der Waals surface area contributed by atoms with E-state index in [9.17, 15) is 18.3 Å². The molecule has 2 rings (SSSR count). The largest absolute Gasteiger partial charge is 0.496 e. The summed E-state index contributed by atoms with van der Waals surface area (Å²) in [5.41, 5.74) is 6.42. The van der Waals surface area contributed by atoms with Crippen LogP contribution in [0.5, 0.6) is 5.75 Å². The van der Waals surface area contributed by atoms with Crippen molar-refractivity contribution < 1.29 is 23.0 Å². The van der Waals surface area contributed by atoms with Gasteiger partial charge in [-0.05, 0) is 17.7 Å². The van der Waals surface area contributed by atoms with Crippen molar-refractivity contribution in [2.75, 3.05) is 7.11 Å². The number of halogens is 4. The number of nitrogens with two attached hydrogens (primary N) is 1. The SMILES string of the molecule is COc1cc(C(F)(F)F)ccc1[C@H](N)[C@H](O)Cc1ccccc1.Cl. The Morgan fingerprint density at radius 3 is 2.29 bits per heavy atom. The third-order valence-electron chi connectivity index (χ3n) is 3.62. The zero-order chi connectivity index (χ0) is 17.0. The number of benzene rings is 2. The van der Waals surface area contributed by atoms with E-state index in [1.165, 1.54) is 13.2 Å². The van der Waals surface area contributed by atoms with E-state index in [0.29, 0.717) is 12.0 Å². The first-order valence-corrected chi connectivity index (χ1v) is 7.05. The van der Waals surface area contributed by atoms with Crippen molar-refractivity contribution in [3.05, 3.63) is 65.2 Å². The van der Waals surface area contributed by atoms with Gasteiger partial charge in [-0.15, -0.1) is 12.4 Å². The maximum Gasteiger partial charge on any atom is 0.416 e. The summed E-state index contributed by atoms with van der Waals surface area (Å²) in [6.07, 6.45) is -5.10. The van der Waals surface area contributed by atoms with Gasteiger partial charge in [-0.25, -0.2) is 0 Å². The Morgan fingerprint density at radius 1 is 1.12 bits per heavy atom. The Morgan fingerprint density at radius 2 is 1.75 bits per heavy atom. The molecular formula is C17H19ClF3NO2. The minimum atomic E-state index is -4.46. The summed E-state index contributed by atoms with van der Waals surface area (Å²) in [7, 11) is 1.27. The van der Waals surface area contributed by atoms with Gasteiger partial charge in [0.1, 0.15) is 5.75 Å². The minimum absolute atomic E-state index is 0. The number of aliphatic hydroxyl groups is 1. The molecule has 0 heterocycles. The molecule has 2 aromatic carbocycles. The first-order valence-electron chi connectivity index (χ1n) is 7.05. The molecule has 0 aliphatic carbocycles. The molecule has 0 spiro atoms. The van der Waals surface area contributed by atoms with Crippen LogP contribution < -0.4 is 10.5 Å². The molecule has 0 saturated carbocycles. The second-order valence-electron chi connectivity index (χ2n) is 5.24. The van der Waals surface area contributed by atoms with Gasteiger partial charge in [-0.1, -0.05) is 36.4 Å². The normalized spacial score (nSPS) is 13.8. The van der Waals surface area contributed by atoms with Gasteiger partial charge < -0.3 is 15.6 Å². The second kappa shape index (κ2) is 8.37. The van der Waals surface area contributed by atoms with Gasteiger partial charge in [0, 0.05) is 12.0 Å². The number of alkyl halides is 3. The van der Waals surface area contributed by atoms with E-state index >= 15 is 0 Å². The summed E-state index contributed by atoms with van der Waals surface area (Å²) in [5.74, 6) is 0.0134. The lowest BCUT2D eigenvalue weighted by atomic mass is 9.95. The number of rotatable bonds is 5. The van der Waals surface area contributed by atoms with Crippen molar-refractivity contribution in [1.82, 2.24) is 0 Å². The topological polar surface area (TPSA) is 55.5 Å². The highest BCUT2D eigenvalue weighted by molar-refractivity contribution is 5.85. The summed E-state index contributed by atoms with van der Waals surface area (Å²) < 4.78 is 43.3. The quantitative estimate of drug-likeness (QED) is 0.853. The number of methoxy groups -OCH3 is 1. The number of hydrogen-bond donors (Lipinski definition) is 2. The van der Waals surface area contributed by atoms with Crippen LogP contribution in [-0.4, -0.2) is 18.3 Å². The molecule has 3 nitrogen and oxygen atoms in total. The van der Waals surface area contributed by atoms with E-state index in [2.05, 4.69) is 0 Å². The average Bonchev–Trinajstić information content (AvgIpc) is 2.53. The van der Waals surface area contributed by atoms with Crippen LogP contribution in [0.1, 0.15) is 22.7 Å². The van der Waals surface area contributed by atoms with Crippen molar-refractivity contribution in [2.45, 2.75) is 24.7 Å². The Bertz CT molecular complexity index is 650. The number of aliphatic hydroxyl groups excluding tert-OH is 1. The molecule has 7 heteroatoms.